The summed E-state index contributed by atoms with van der Waals surface area (Å²) in [4.78, 5) is 69.6. The number of likely N-dealkylation sites (tertiary alicyclic amines) is 1. The maximum Gasteiger partial charge on any atom is 0.250 e. The standard InChI is InChI=1S/C41H44ClN3O11/c1-21-13-28(47)35(39(51)41(21)40(52)36-30(54-3)17-31(55-4)37(42)38(36)56-41)25(23-10-11-27(46)29(15-23)53-2)16-32(48)43-12-6-9-33(49)44-18-22-14-24(20-44)26-7-5-8-34(50)45(26)19-22/h5,7-8,10-11,15,17,21-22,24-25,46,51H,6,9,12-14,16,18-20H2,1-4H3,(H,43,48)/t21-,22-,24+,25?,41+/m1/s1. The minimum Gasteiger partial charge on any atom is -0.507 e. The van der Waals surface area contributed by atoms with Crippen molar-refractivity contribution in [3.05, 3.63) is 86.0 Å². The van der Waals surface area contributed by atoms with E-state index in [1.165, 1.54) is 45.6 Å². The summed E-state index contributed by atoms with van der Waals surface area (Å²) in [5.74, 6) is -3.95. The minimum atomic E-state index is -2.07. The van der Waals surface area contributed by atoms with Crippen LogP contribution in [0.15, 0.2) is 58.6 Å². The predicted octanol–water partition coefficient (Wildman–Crippen LogP) is 4.68. The Morgan fingerprint density at radius 3 is 2.48 bits per heavy atom. The molecule has 1 spiro atoms. The van der Waals surface area contributed by atoms with E-state index in [-0.39, 0.29) is 94.0 Å². The topological polar surface area (TPSA) is 183 Å². The van der Waals surface area contributed by atoms with Crippen molar-refractivity contribution in [1.82, 2.24) is 14.8 Å². The molecule has 1 fully saturated rings. The van der Waals surface area contributed by atoms with Gasteiger partial charge in [-0.25, -0.2) is 0 Å². The van der Waals surface area contributed by atoms with Crippen molar-refractivity contribution in [3.8, 4) is 28.7 Å². The highest BCUT2D eigenvalue weighted by Crippen LogP contribution is 2.56. The third-order valence-corrected chi connectivity index (χ3v) is 11.9. The van der Waals surface area contributed by atoms with Crippen LogP contribution in [0.5, 0.6) is 28.7 Å². The van der Waals surface area contributed by atoms with Crippen LogP contribution >= 0.6 is 11.6 Å². The van der Waals surface area contributed by atoms with Gasteiger partial charge >= 0.3 is 0 Å². The molecule has 3 aromatic rings. The SMILES string of the molecule is COc1cc(C(CC(=O)NCCCC(=O)N2C[C@H]3C[C@@H](C2)c2cccc(=O)n2C3)C2=C(O)[C@@]3(Oc4c(Cl)c(OC)cc(OC)c4C3=O)[C@H](C)CC2=O)ccc1O. The van der Waals surface area contributed by atoms with Crippen molar-refractivity contribution in [1.29, 1.82) is 0 Å². The van der Waals surface area contributed by atoms with Crippen molar-refractivity contribution in [2.45, 2.75) is 63.0 Å². The molecular formula is C41H44ClN3O11. The molecule has 4 aliphatic rings. The summed E-state index contributed by atoms with van der Waals surface area (Å²) in [5.41, 5.74) is -1.02. The lowest BCUT2D eigenvalue weighted by Crippen LogP contribution is -2.53. The summed E-state index contributed by atoms with van der Waals surface area (Å²) in [6, 6.07) is 11.0. The second kappa shape index (κ2) is 15.2. The van der Waals surface area contributed by atoms with E-state index in [9.17, 15) is 34.2 Å². The Labute approximate surface area is 327 Å². The molecule has 2 bridgehead atoms. The van der Waals surface area contributed by atoms with Crippen molar-refractivity contribution in [3.63, 3.8) is 0 Å². The molecule has 3 aliphatic heterocycles. The van der Waals surface area contributed by atoms with Crippen molar-refractivity contribution >= 4 is 35.0 Å². The van der Waals surface area contributed by atoms with Crippen LogP contribution in [0.3, 0.4) is 0 Å². The number of methoxy groups -OCH3 is 3. The highest BCUT2D eigenvalue weighted by atomic mass is 35.5. The summed E-state index contributed by atoms with van der Waals surface area (Å²) in [6.45, 7) is 3.44. The number of piperidine rings is 1. The zero-order chi connectivity index (χ0) is 40.1. The Bertz CT molecular complexity index is 2220. The number of benzene rings is 2. The van der Waals surface area contributed by atoms with E-state index >= 15 is 0 Å². The minimum absolute atomic E-state index is 0.0185. The van der Waals surface area contributed by atoms with Gasteiger partial charge in [0.05, 0.1) is 21.3 Å². The third-order valence-electron chi connectivity index (χ3n) is 11.6. The number of aromatic hydroxyl groups is 1. The van der Waals surface area contributed by atoms with Crippen molar-refractivity contribution in [2.24, 2.45) is 11.8 Å². The van der Waals surface area contributed by atoms with E-state index < -0.39 is 40.7 Å². The molecule has 1 unspecified atom stereocenters. The van der Waals surface area contributed by atoms with Crippen LogP contribution in [-0.4, -0.2) is 89.6 Å². The zero-order valence-electron chi connectivity index (χ0n) is 31.6. The van der Waals surface area contributed by atoms with Crippen LogP contribution in [-0.2, 0) is 20.9 Å². The van der Waals surface area contributed by atoms with Gasteiger partial charge in [0.2, 0.25) is 23.2 Å². The molecule has 56 heavy (non-hydrogen) atoms. The summed E-state index contributed by atoms with van der Waals surface area (Å²) < 4.78 is 24.3. The van der Waals surface area contributed by atoms with Crippen LogP contribution in [0.2, 0.25) is 5.02 Å². The fourth-order valence-electron chi connectivity index (χ4n) is 8.82. The summed E-state index contributed by atoms with van der Waals surface area (Å²) in [6.07, 6.45) is 0.915. The van der Waals surface area contributed by atoms with E-state index in [0.717, 1.165) is 12.1 Å². The maximum atomic E-state index is 14.4. The molecule has 15 heteroatoms. The lowest BCUT2D eigenvalue weighted by Gasteiger charge is -2.42. The monoisotopic (exact) mass is 789 g/mol. The second-order valence-electron chi connectivity index (χ2n) is 14.9. The van der Waals surface area contributed by atoms with Gasteiger partial charge in [-0.2, -0.15) is 0 Å². The largest absolute Gasteiger partial charge is 0.507 e. The number of hydrogen-bond donors (Lipinski definition) is 3. The van der Waals surface area contributed by atoms with Crippen LogP contribution in [0.4, 0.5) is 0 Å². The molecular weight excluding hydrogens is 746 g/mol. The molecule has 1 aliphatic carbocycles. The smallest absolute Gasteiger partial charge is 0.250 e. The number of hydrogen-bond acceptors (Lipinski definition) is 11. The number of allylic oxidation sites excluding steroid dienone is 1. The Morgan fingerprint density at radius 1 is 1.00 bits per heavy atom. The quantitative estimate of drug-likeness (QED) is 0.229. The molecule has 2 aromatic carbocycles. The number of halogens is 1. The van der Waals surface area contributed by atoms with E-state index in [1.807, 2.05) is 15.5 Å². The number of ketones is 2. The number of phenolic OH excluding ortho intramolecular Hbond substituents is 1. The first kappa shape index (κ1) is 38.8. The number of Topliss-reactive ketones (excluding diaryl/α,β-unsaturated/α-hetero) is 2. The average molecular weight is 790 g/mol. The first-order valence-electron chi connectivity index (χ1n) is 18.6. The van der Waals surface area contributed by atoms with Gasteiger partial charge < -0.3 is 43.9 Å². The second-order valence-corrected chi connectivity index (χ2v) is 15.3. The number of rotatable bonds is 11. The summed E-state index contributed by atoms with van der Waals surface area (Å²) >= 11 is 6.61. The van der Waals surface area contributed by atoms with Crippen LogP contribution in [0.25, 0.3) is 0 Å². The number of nitrogens with one attached hydrogen (secondary N) is 1. The number of nitrogens with zero attached hydrogens (tertiary/aromatic N) is 2. The van der Waals surface area contributed by atoms with Crippen LogP contribution in [0, 0.1) is 11.8 Å². The number of fused-ring (bicyclic) bond motifs is 5. The molecule has 2 amide bonds. The molecule has 0 saturated carbocycles. The Hall–Kier alpha value is -5.50. The number of carbonyl (C=O) groups is 4. The van der Waals surface area contributed by atoms with E-state index in [0.29, 0.717) is 31.6 Å². The molecule has 14 nitrogen and oxygen atoms in total. The van der Waals surface area contributed by atoms with Crippen LogP contribution < -0.4 is 29.8 Å². The first-order chi connectivity index (χ1) is 26.8. The molecule has 3 N–H and O–H groups in total. The molecule has 5 atom stereocenters. The number of aliphatic hydroxyl groups excluding tert-OH is 1. The van der Waals surface area contributed by atoms with Gasteiger partial charge in [-0.3, -0.25) is 24.0 Å². The lowest BCUT2D eigenvalue weighted by atomic mass is 9.69. The lowest BCUT2D eigenvalue weighted by molar-refractivity contribution is -0.134. The fraction of sp³-hybridized carbons (Fsp3) is 0.439. The Kier molecular flexibility index (Phi) is 10.5. The first-order valence-corrected chi connectivity index (χ1v) is 19.0. The molecule has 0 radical (unpaired) electrons. The maximum absolute atomic E-state index is 14.4. The van der Waals surface area contributed by atoms with Gasteiger partial charge in [0, 0.05) is 86.6 Å². The number of ether oxygens (including phenoxy) is 4. The number of pyridine rings is 1. The van der Waals surface area contributed by atoms with E-state index in [1.54, 1.807) is 19.1 Å². The number of amides is 2. The molecule has 7 rings (SSSR count). The highest BCUT2D eigenvalue weighted by Gasteiger charge is 2.61. The van der Waals surface area contributed by atoms with E-state index in [2.05, 4.69) is 5.32 Å². The number of aliphatic hydroxyl groups is 1. The molecule has 1 aromatic heterocycles. The summed E-state index contributed by atoms with van der Waals surface area (Å²) in [5, 5.41) is 25.4. The normalized spacial score (nSPS) is 22.9. The molecule has 1 saturated heterocycles. The van der Waals surface area contributed by atoms with Gasteiger partial charge in [0.25, 0.3) is 5.56 Å². The molecule has 296 valence electrons. The predicted molar refractivity (Wildman–Crippen MR) is 203 cm³/mol. The number of carbonyl (C=O) groups excluding carboxylic acids is 4. The average Bonchev–Trinajstić information content (AvgIpc) is 3.50. The van der Waals surface area contributed by atoms with Gasteiger partial charge in [-0.05, 0) is 42.5 Å². The zero-order valence-corrected chi connectivity index (χ0v) is 32.3. The van der Waals surface area contributed by atoms with Crippen molar-refractivity contribution < 1.29 is 48.3 Å². The molecule has 4 heterocycles. The van der Waals surface area contributed by atoms with Gasteiger partial charge in [-0.15, -0.1) is 0 Å². The number of phenols is 1. The van der Waals surface area contributed by atoms with Gasteiger partial charge in [0.1, 0.15) is 22.1 Å². The fourth-order valence-corrected chi connectivity index (χ4v) is 9.08. The Morgan fingerprint density at radius 2 is 1.75 bits per heavy atom. The van der Waals surface area contributed by atoms with Gasteiger partial charge in [0.15, 0.2) is 28.8 Å². The highest BCUT2D eigenvalue weighted by molar-refractivity contribution is 6.35. The van der Waals surface area contributed by atoms with Crippen LogP contribution in [0.1, 0.15) is 72.5 Å². The number of aromatic nitrogens is 1. The van der Waals surface area contributed by atoms with E-state index in [4.69, 9.17) is 30.5 Å². The third kappa shape index (κ3) is 6.53. The van der Waals surface area contributed by atoms with Crippen molar-refractivity contribution in [2.75, 3.05) is 41.0 Å². The van der Waals surface area contributed by atoms with Gasteiger partial charge in [-0.1, -0.05) is 30.7 Å². The Balaban J connectivity index is 1.11. The summed E-state index contributed by atoms with van der Waals surface area (Å²) in [7, 11) is 4.10.